The van der Waals surface area contributed by atoms with Crippen LogP contribution in [0.2, 0.25) is 0 Å². The van der Waals surface area contributed by atoms with E-state index in [0.29, 0.717) is 0 Å². The minimum Gasteiger partial charge on any atom is -0.259 e. The molecular formula is C7H7BrN4. The number of aromatic amines is 1. The number of nitrogens with one attached hydrogen (secondary N) is 1. The minimum absolute atomic E-state index is 0.744. The molecule has 62 valence electrons. The average Bonchev–Trinajstić information content (AvgIpc) is 2.35. The van der Waals surface area contributed by atoms with Gasteiger partial charge in [-0.05, 0) is 29.8 Å². The van der Waals surface area contributed by atoms with E-state index in [1.807, 2.05) is 13.8 Å². The van der Waals surface area contributed by atoms with Gasteiger partial charge >= 0.3 is 0 Å². The van der Waals surface area contributed by atoms with Gasteiger partial charge in [0, 0.05) is 0 Å². The third-order valence-corrected chi connectivity index (χ3v) is 2.44. The molecule has 0 aliphatic heterocycles. The van der Waals surface area contributed by atoms with Crippen LogP contribution in [-0.2, 0) is 0 Å². The van der Waals surface area contributed by atoms with Crippen molar-refractivity contribution in [1.82, 2.24) is 20.2 Å². The summed E-state index contributed by atoms with van der Waals surface area (Å²) in [6.07, 6.45) is 0. The molecule has 0 radical (unpaired) electrons. The highest BCUT2D eigenvalue weighted by atomic mass is 79.9. The summed E-state index contributed by atoms with van der Waals surface area (Å²) in [6.45, 7) is 3.79. The number of aryl methyl sites for hydroxylation is 2. The van der Waals surface area contributed by atoms with Crippen LogP contribution in [0.3, 0.4) is 0 Å². The maximum absolute atomic E-state index is 4.30. The number of H-pyrrole nitrogens is 1. The predicted molar refractivity (Wildman–Crippen MR) is 48.9 cm³/mol. The first kappa shape index (κ1) is 7.67. The number of nitrogens with zero attached hydrogens (tertiary/aromatic N) is 3. The van der Waals surface area contributed by atoms with E-state index < -0.39 is 0 Å². The summed E-state index contributed by atoms with van der Waals surface area (Å²) in [6, 6.07) is 0. The maximum Gasteiger partial charge on any atom is 0.174 e. The molecule has 2 aromatic heterocycles. The van der Waals surface area contributed by atoms with Crippen LogP contribution in [0.15, 0.2) is 4.60 Å². The van der Waals surface area contributed by atoms with Crippen LogP contribution in [0, 0.1) is 13.8 Å². The maximum atomic E-state index is 4.30. The molecule has 0 aliphatic carbocycles. The van der Waals surface area contributed by atoms with Gasteiger partial charge in [-0.25, -0.2) is 9.97 Å². The second-order valence-corrected chi connectivity index (χ2v) is 3.36. The van der Waals surface area contributed by atoms with Gasteiger partial charge in [-0.15, -0.1) is 0 Å². The molecule has 1 N–H and O–H groups in total. The lowest BCUT2D eigenvalue weighted by Crippen LogP contribution is -1.88. The Bertz CT molecular complexity index is 434. The van der Waals surface area contributed by atoms with Crippen molar-refractivity contribution in [3.8, 4) is 0 Å². The van der Waals surface area contributed by atoms with E-state index >= 15 is 0 Å². The zero-order chi connectivity index (χ0) is 8.72. The highest BCUT2D eigenvalue weighted by molar-refractivity contribution is 9.10. The normalized spacial score (nSPS) is 10.9. The van der Waals surface area contributed by atoms with Crippen LogP contribution in [0.5, 0.6) is 0 Å². The fourth-order valence-corrected chi connectivity index (χ4v) is 1.28. The summed E-state index contributed by atoms with van der Waals surface area (Å²) >= 11 is 3.32. The highest BCUT2D eigenvalue weighted by Crippen LogP contribution is 2.16. The van der Waals surface area contributed by atoms with Crippen LogP contribution < -0.4 is 0 Å². The molecule has 0 unspecified atom stereocenters. The Hall–Kier alpha value is -0.970. The van der Waals surface area contributed by atoms with E-state index in [4.69, 9.17) is 0 Å². The Morgan fingerprint density at radius 3 is 2.67 bits per heavy atom. The van der Waals surface area contributed by atoms with Crippen molar-refractivity contribution < 1.29 is 0 Å². The molecule has 0 saturated carbocycles. The molecule has 2 rings (SSSR count). The third kappa shape index (κ3) is 1.01. The van der Waals surface area contributed by atoms with Crippen LogP contribution in [0.4, 0.5) is 0 Å². The van der Waals surface area contributed by atoms with Gasteiger partial charge in [0.2, 0.25) is 0 Å². The first-order valence-electron chi connectivity index (χ1n) is 3.53. The quantitative estimate of drug-likeness (QED) is 0.745. The van der Waals surface area contributed by atoms with Gasteiger partial charge in [-0.2, -0.15) is 5.10 Å². The first-order valence-corrected chi connectivity index (χ1v) is 4.32. The smallest absolute Gasteiger partial charge is 0.174 e. The van der Waals surface area contributed by atoms with Crippen LogP contribution in [-0.4, -0.2) is 20.2 Å². The van der Waals surface area contributed by atoms with E-state index in [9.17, 15) is 0 Å². The van der Waals surface area contributed by atoms with Gasteiger partial charge in [0.05, 0.1) is 11.4 Å². The molecule has 0 bridgehead atoms. The fraction of sp³-hybridized carbons (Fsp3) is 0.286. The summed E-state index contributed by atoms with van der Waals surface area (Å²) in [4.78, 5) is 8.56. The van der Waals surface area contributed by atoms with E-state index in [-0.39, 0.29) is 0 Å². The minimum atomic E-state index is 0.744. The first-order chi connectivity index (χ1) is 5.68. The van der Waals surface area contributed by atoms with Gasteiger partial charge in [-0.3, -0.25) is 5.10 Å². The summed E-state index contributed by atoms with van der Waals surface area (Å²) in [5, 5.41) is 6.82. The lowest BCUT2D eigenvalue weighted by atomic mass is 10.4. The van der Waals surface area contributed by atoms with Crippen molar-refractivity contribution in [2.75, 3.05) is 0 Å². The summed E-state index contributed by atoms with van der Waals surface area (Å²) in [7, 11) is 0. The number of halogens is 1. The molecule has 5 heteroatoms. The number of fused-ring (bicyclic) bond motifs is 1. The van der Waals surface area contributed by atoms with Gasteiger partial charge in [0.25, 0.3) is 0 Å². The molecule has 2 aromatic rings. The Balaban J connectivity index is 2.87. The van der Waals surface area contributed by atoms with Gasteiger partial charge in [0.1, 0.15) is 10.1 Å². The van der Waals surface area contributed by atoms with Crippen LogP contribution in [0.1, 0.15) is 11.4 Å². The molecule has 0 aromatic carbocycles. The number of hydrogen-bond donors (Lipinski definition) is 1. The molecule has 0 aliphatic rings. The topological polar surface area (TPSA) is 54.5 Å². The molecule has 2 heterocycles. The van der Waals surface area contributed by atoms with Crippen molar-refractivity contribution in [3.05, 3.63) is 16.0 Å². The monoisotopic (exact) mass is 226 g/mol. The Morgan fingerprint density at radius 2 is 1.92 bits per heavy atom. The highest BCUT2D eigenvalue weighted by Gasteiger charge is 2.06. The Kier molecular flexibility index (Phi) is 1.61. The third-order valence-electron chi connectivity index (χ3n) is 1.68. The molecular weight excluding hydrogens is 220 g/mol. The number of rotatable bonds is 0. The van der Waals surface area contributed by atoms with Crippen molar-refractivity contribution in [3.63, 3.8) is 0 Å². The van der Waals surface area contributed by atoms with Crippen LogP contribution in [0.25, 0.3) is 11.2 Å². The van der Waals surface area contributed by atoms with Crippen molar-refractivity contribution >= 4 is 27.1 Å². The summed E-state index contributed by atoms with van der Waals surface area (Å²) in [5.41, 5.74) is 3.31. The van der Waals surface area contributed by atoms with Crippen LogP contribution >= 0.6 is 15.9 Å². The molecule has 0 fully saturated rings. The predicted octanol–water partition coefficient (Wildman–Crippen LogP) is 1.73. The molecule has 4 nitrogen and oxygen atoms in total. The van der Waals surface area contributed by atoms with E-state index in [2.05, 4.69) is 36.1 Å². The molecule has 12 heavy (non-hydrogen) atoms. The van der Waals surface area contributed by atoms with Gasteiger partial charge in [-0.1, -0.05) is 0 Å². The second kappa shape index (κ2) is 2.52. The Labute approximate surface area is 77.5 Å². The fourth-order valence-electron chi connectivity index (χ4n) is 1.02. The SMILES string of the molecule is Cc1nc2[nH]nc(C)c2nc1Br. The lowest BCUT2D eigenvalue weighted by Gasteiger charge is -1.94. The van der Waals surface area contributed by atoms with E-state index in [1.54, 1.807) is 0 Å². The second-order valence-electron chi connectivity index (χ2n) is 2.61. The van der Waals surface area contributed by atoms with Gasteiger partial charge in [0.15, 0.2) is 5.65 Å². The van der Waals surface area contributed by atoms with Crippen molar-refractivity contribution in [2.24, 2.45) is 0 Å². The molecule has 0 spiro atoms. The largest absolute Gasteiger partial charge is 0.259 e. The van der Waals surface area contributed by atoms with Crippen molar-refractivity contribution in [1.29, 1.82) is 0 Å². The number of hydrogen-bond acceptors (Lipinski definition) is 3. The molecule has 0 amide bonds. The standard InChI is InChI=1S/C7H7BrN4/c1-3-5-7(12-11-3)9-4(2)6(8)10-5/h1-2H3,(H,9,11,12). The van der Waals surface area contributed by atoms with E-state index in [0.717, 1.165) is 27.2 Å². The zero-order valence-electron chi connectivity index (χ0n) is 6.72. The Morgan fingerprint density at radius 1 is 1.17 bits per heavy atom. The molecule has 0 atom stereocenters. The van der Waals surface area contributed by atoms with Gasteiger partial charge < -0.3 is 0 Å². The number of aromatic nitrogens is 4. The van der Waals surface area contributed by atoms with E-state index in [1.165, 1.54) is 0 Å². The molecule has 0 saturated heterocycles. The average molecular weight is 227 g/mol. The van der Waals surface area contributed by atoms with Crippen molar-refractivity contribution in [2.45, 2.75) is 13.8 Å². The lowest BCUT2D eigenvalue weighted by molar-refractivity contribution is 1.05. The zero-order valence-corrected chi connectivity index (χ0v) is 8.31. The summed E-state index contributed by atoms with van der Waals surface area (Å²) in [5.74, 6) is 0. The summed E-state index contributed by atoms with van der Waals surface area (Å²) < 4.78 is 0.777.